The van der Waals surface area contributed by atoms with Crippen LogP contribution in [0.15, 0.2) is 27.8 Å². The van der Waals surface area contributed by atoms with Gasteiger partial charge in [-0.2, -0.15) is 0 Å². The summed E-state index contributed by atoms with van der Waals surface area (Å²) in [5.41, 5.74) is 0. The zero-order chi connectivity index (χ0) is 17.2. The van der Waals surface area contributed by atoms with E-state index >= 15 is 0 Å². The SMILES string of the molecule is CCCN1CCC(NC(=NC)NCC(=O)NCc2ccco2)CC1. The molecule has 0 aliphatic carbocycles. The largest absolute Gasteiger partial charge is 0.467 e. The lowest BCUT2D eigenvalue weighted by atomic mass is 10.1. The Morgan fingerprint density at radius 2 is 2.17 bits per heavy atom. The van der Waals surface area contributed by atoms with Crippen LogP contribution >= 0.6 is 0 Å². The summed E-state index contributed by atoms with van der Waals surface area (Å²) in [6, 6.07) is 4.05. The fourth-order valence-corrected chi connectivity index (χ4v) is 2.83. The van der Waals surface area contributed by atoms with Gasteiger partial charge in [-0.15, -0.1) is 0 Å². The van der Waals surface area contributed by atoms with Crippen LogP contribution in [-0.4, -0.2) is 56.0 Å². The summed E-state index contributed by atoms with van der Waals surface area (Å²) in [6.45, 7) is 6.21. The lowest BCUT2D eigenvalue weighted by Gasteiger charge is -2.32. The average molecular weight is 335 g/mol. The number of nitrogens with one attached hydrogen (secondary N) is 3. The first kappa shape index (κ1) is 18.3. The highest BCUT2D eigenvalue weighted by molar-refractivity contribution is 5.86. The van der Waals surface area contributed by atoms with Crippen molar-refractivity contribution >= 4 is 11.9 Å². The van der Waals surface area contributed by atoms with Crippen LogP contribution in [0.5, 0.6) is 0 Å². The molecule has 0 radical (unpaired) electrons. The van der Waals surface area contributed by atoms with E-state index in [2.05, 4.69) is 32.8 Å². The Morgan fingerprint density at radius 3 is 2.79 bits per heavy atom. The van der Waals surface area contributed by atoms with Crippen LogP contribution in [0.1, 0.15) is 31.9 Å². The number of carbonyl (C=O) groups excluding carboxylic acids is 1. The lowest BCUT2D eigenvalue weighted by Crippen LogP contribution is -2.50. The number of hydrogen-bond acceptors (Lipinski definition) is 4. The molecule has 7 heteroatoms. The standard InChI is InChI=1S/C17H29N5O2/c1-3-8-22-9-6-14(7-10-22)21-17(18-2)20-13-16(23)19-12-15-5-4-11-24-15/h4-5,11,14H,3,6-10,12-13H2,1-2H3,(H,19,23)(H2,18,20,21). The first-order chi connectivity index (χ1) is 11.7. The van der Waals surface area contributed by atoms with Crippen molar-refractivity contribution < 1.29 is 9.21 Å². The van der Waals surface area contributed by atoms with Crippen molar-refractivity contribution in [1.29, 1.82) is 0 Å². The average Bonchev–Trinajstić information content (AvgIpc) is 3.12. The Morgan fingerprint density at radius 1 is 1.38 bits per heavy atom. The van der Waals surface area contributed by atoms with Crippen molar-refractivity contribution in [2.24, 2.45) is 4.99 Å². The fraction of sp³-hybridized carbons (Fsp3) is 0.647. The Labute approximate surface area is 143 Å². The van der Waals surface area contributed by atoms with Gasteiger partial charge in [0.2, 0.25) is 5.91 Å². The highest BCUT2D eigenvalue weighted by Gasteiger charge is 2.19. The van der Waals surface area contributed by atoms with E-state index in [1.165, 1.54) is 13.0 Å². The van der Waals surface area contributed by atoms with Gasteiger partial charge in [-0.05, 0) is 37.9 Å². The van der Waals surface area contributed by atoms with Crippen LogP contribution in [-0.2, 0) is 11.3 Å². The molecule has 1 saturated heterocycles. The maximum absolute atomic E-state index is 11.9. The molecule has 0 saturated carbocycles. The van der Waals surface area contributed by atoms with Gasteiger partial charge in [-0.25, -0.2) is 0 Å². The van der Waals surface area contributed by atoms with E-state index in [1.54, 1.807) is 19.4 Å². The van der Waals surface area contributed by atoms with Gasteiger partial charge in [0.1, 0.15) is 5.76 Å². The Kier molecular flexibility index (Phi) is 7.61. The maximum Gasteiger partial charge on any atom is 0.239 e. The van der Waals surface area contributed by atoms with Crippen LogP contribution in [0.3, 0.4) is 0 Å². The zero-order valence-corrected chi connectivity index (χ0v) is 14.7. The van der Waals surface area contributed by atoms with Gasteiger partial charge in [-0.1, -0.05) is 6.92 Å². The first-order valence-electron chi connectivity index (χ1n) is 8.70. The second kappa shape index (κ2) is 9.97. The molecule has 1 aromatic heterocycles. The second-order valence-corrected chi connectivity index (χ2v) is 6.04. The van der Waals surface area contributed by atoms with Crippen molar-refractivity contribution in [1.82, 2.24) is 20.9 Å². The molecule has 0 spiro atoms. The predicted octanol–water partition coefficient (Wildman–Crippen LogP) is 0.935. The molecule has 134 valence electrons. The minimum Gasteiger partial charge on any atom is -0.467 e. The van der Waals surface area contributed by atoms with E-state index < -0.39 is 0 Å². The van der Waals surface area contributed by atoms with Crippen LogP contribution < -0.4 is 16.0 Å². The number of hydrogen-bond donors (Lipinski definition) is 3. The van der Waals surface area contributed by atoms with Crippen molar-refractivity contribution in [3.05, 3.63) is 24.2 Å². The van der Waals surface area contributed by atoms with Crippen LogP contribution in [0.4, 0.5) is 0 Å². The van der Waals surface area contributed by atoms with Gasteiger partial charge in [0.15, 0.2) is 5.96 Å². The smallest absolute Gasteiger partial charge is 0.239 e. The molecule has 1 aliphatic heterocycles. The number of carbonyl (C=O) groups is 1. The molecule has 1 fully saturated rings. The van der Waals surface area contributed by atoms with Gasteiger partial charge in [0.25, 0.3) is 0 Å². The molecule has 24 heavy (non-hydrogen) atoms. The predicted molar refractivity (Wildman–Crippen MR) is 94.8 cm³/mol. The fourth-order valence-electron chi connectivity index (χ4n) is 2.83. The molecule has 1 amide bonds. The van der Waals surface area contributed by atoms with Crippen LogP contribution in [0, 0.1) is 0 Å². The second-order valence-electron chi connectivity index (χ2n) is 6.04. The van der Waals surface area contributed by atoms with Gasteiger partial charge < -0.3 is 25.3 Å². The Bertz CT molecular complexity index is 507. The number of rotatable bonds is 7. The summed E-state index contributed by atoms with van der Waals surface area (Å²) >= 11 is 0. The number of likely N-dealkylation sites (tertiary alicyclic amines) is 1. The third-order valence-electron chi connectivity index (χ3n) is 4.15. The van der Waals surface area contributed by atoms with E-state index in [9.17, 15) is 4.79 Å². The molecule has 1 aromatic rings. The summed E-state index contributed by atoms with van der Waals surface area (Å²) < 4.78 is 5.18. The highest BCUT2D eigenvalue weighted by atomic mass is 16.3. The first-order valence-corrected chi connectivity index (χ1v) is 8.70. The topological polar surface area (TPSA) is 81.9 Å². The molecule has 0 atom stereocenters. The third-order valence-corrected chi connectivity index (χ3v) is 4.15. The summed E-state index contributed by atoms with van der Waals surface area (Å²) in [7, 11) is 1.72. The van der Waals surface area contributed by atoms with Gasteiger partial charge >= 0.3 is 0 Å². The minimum atomic E-state index is -0.0906. The quantitative estimate of drug-likeness (QED) is 0.510. The molecule has 3 N–H and O–H groups in total. The summed E-state index contributed by atoms with van der Waals surface area (Å²) in [5.74, 6) is 1.33. The zero-order valence-electron chi connectivity index (χ0n) is 14.7. The summed E-state index contributed by atoms with van der Waals surface area (Å²) in [4.78, 5) is 18.6. The number of guanidine groups is 1. The van der Waals surface area contributed by atoms with Gasteiger partial charge in [-0.3, -0.25) is 9.79 Å². The van der Waals surface area contributed by atoms with Crippen molar-refractivity contribution in [2.45, 2.75) is 38.8 Å². The lowest BCUT2D eigenvalue weighted by molar-refractivity contribution is -0.120. The minimum absolute atomic E-state index is 0.0906. The molecule has 0 aromatic carbocycles. The summed E-state index contributed by atoms with van der Waals surface area (Å²) in [5, 5.41) is 9.28. The maximum atomic E-state index is 11.9. The van der Waals surface area contributed by atoms with Crippen molar-refractivity contribution in [3.8, 4) is 0 Å². The molecule has 1 aliphatic rings. The normalized spacial score (nSPS) is 16.8. The van der Waals surface area contributed by atoms with E-state index in [-0.39, 0.29) is 12.5 Å². The molecule has 2 heterocycles. The molecular weight excluding hydrogens is 306 g/mol. The van der Waals surface area contributed by atoms with Crippen LogP contribution in [0.25, 0.3) is 0 Å². The van der Waals surface area contributed by atoms with Crippen LogP contribution in [0.2, 0.25) is 0 Å². The number of furan rings is 1. The number of aliphatic imine (C=N–C) groups is 1. The highest BCUT2D eigenvalue weighted by Crippen LogP contribution is 2.10. The molecule has 0 bridgehead atoms. The van der Waals surface area contributed by atoms with E-state index in [4.69, 9.17) is 4.42 Å². The Hall–Kier alpha value is -2.02. The molecule has 2 rings (SSSR count). The van der Waals surface area contributed by atoms with E-state index in [0.29, 0.717) is 18.5 Å². The van der Waals surface area contributed by atoms with E-state index in [1.807, 2.05) is 6.07 Å². The monoisotopic (exact) mass is 335 g/mol. The number of piperidine rings is 1. The molecule has 7 nitrogen and oxygen atoms in total. The molecular formula is C17H29N5O2. The molecule has 0 unspecified atom stereocenters. The third kappa shape index (κ3) is 6.23. The van der Waals surface area contributed by atoms with Gasteiger partial charge in [0.05, 0.1) is 19.4 Å². The van der Waals surface area contributed by atoms with Gasteiger partial charge in [0, 0.05) is 26.2 Å². The van der Waals surface area contributed by atoms with Crippen molar-refractivity contribution in [2.75, 3.05) is 33.2 Å². The number of nitrogens with zero attached hydrogens (tertiary/aromatic N) is 2. The van der Waals surface area contributed by atoms with E-state index in [0.717, 1.165) is 31.7 Å². The number of amides is 1. The van der Waals surface area contributed by atoms with Crippen molar-refractivity contribution in [3.63, 3.8) is 0 Å². The summed E-state index contributed by atoms with van der Waals surface area (Å²) in [6.07, 6.45) is 5.00. The Balaban J connectivity index is 1.64.